The Hall–Kier alpha value is -0.440. The van der Waals surface area contributed by atoms with Crippen LogP contribution in [0.1, 0.15) is 6.92 Å². The number of hydrogen-bond donors (Lipinski definition) is 2. The zero-order chi connectivity index (χ0) is 5.15. The van der Waals surface area contributed by atoms with Crippen molar-refractivity contribution in [1.29, 1.82) is 5.41 Å². The van der Waals surface area contributed by atoms with Gasteiger partial charge < -0.3 is 11.1 Å². The molecule has 0 fully saturated rings. The summed E-state index contributed by atoms with van der Waals surface area (Å²) in [4.78, 5) is 0.176. The van der Waals surface area contributed by atoms with Gasteiger partial charge in [-0.2, -0.15) is 0 Å². The summed E-state index contributed by atoms with van der Waals surface area (Å²) in [7, 11) is 0. The van der Waals surface area contributed by atoms with E-state index in [9.17, 15) is 0 Å². The Morgan fingerprint density at radius 3 is 2.00 bits per heavy atom. The van der Waals surface area contributed by atoms with Crippen molar-refractivity contribution in [3.63, 3.8) is 0 Å². The van der Waals surface area contributed by atoms with E-state index in [0.717, 1.165) is 0 Å². The first-order valence-corrected chi connectivity index (χ1v) is 1.90. The average Bonchev–Trinajstić information content (AvgIpc) is 1.36. The van der Waals surface area contributed by atoms with Gasteiger partial charge in [-0.25, -0.2) is 0 Å². The first kappa shape index (κ1) is 5.56. The lowest BCUT2D eigenvalue weighted by molar-refractivity contribution is 1.51. The molecular weight excluding hydrogens is 96.1 g/mol. The first-order chi connectivity index (χ1) is 2.64. The van der Waals surface area contributed by atoms with Gasteiger partial charge in [0.25, 0.3) is 0 Å². The highest BCUT2D eigenvalue weighted by atomic mass is 32.1. The molecule has 6 heavy (non-hydrogen) atoms. The Kier molecular flexibility index (Phi) is 1.73. The Balaban J connectivity index is 3.57. The molecule has 2 nitrogen and oxygen atoms in total. The van der Waals surface area contributed by atoms with Gasteiger partial charge in [0.1, 0.15) is 4.99 Å². The molecule has 0 aromatic rings. The maximum Gasteiger partial charge on any atom is 0.117 e. The third-order valence-corrected chi connectivity index (χ3v) is 0.676. The van der Waals surface area contributed by atoms with E-state index in [2.05, 4.69) is 12.2 Å². The third kappa shape index (κ3) is 1.84. The average molecular weight is 102 g/mol. The summed E-state index contributed by atoms with van der Waals surface area (Å²) in [6.07, 6.45) is 0. The first-order valence-electron chi connectivity index (χ1n) is 1.49. The van der Waals surface area contributed by atoms with Gasteiger partial charge in [0.15, 0.2) is 0 Å². The number of nitrogens with two attached hydrogens (primary N) is 1. The van der Waals surface area contributed by atoms with E-state index in [4.69, 9.17) is 11.1 Å². The second kappa shape index (κ2) is 1.87. The SMILES string of the molecule is CC(=N)C(N)=S. The molecule has 34 valence electrons. The lowest BCUT2D eigenvalue weighted by Crippen LogP contribution is -2.16. The molecule has 0 atom stereocenters. The maximum atomic E-state index is 6.68. The van der Waals surface area contributed by atoms with E-state index in [1.807, 2.05) is 0 Å². The molecule has 0 radical (unpaired) electrons. The fourth-order valence-corrected chi connectivity index (χ4v) is 0. The molecule has 0 rings (SSSR count). The van der Waals surface area contributed by atoms with Crippen LogP contribution in [0.4, 0.5) is 0 Å². The van der Waals surface area contributed by atoms with Crippen LogP contribution in [0.15, 0.2) is 0 Å². The van der Waals surface area contributed by atoms with Crippen molar-refractivity contribution in [3.05, 3.63) is 0 Å². The second-order valence-electron chi connectivity index (χ2n) is 0.989. The fraction of sp³-hybridized carbons (Fsp3) is 0.333. The Morgan fingerprint density at radius 1 is 1.83 bits per heavy atom. The zero-order valence-corrected chi connectivity index (χ0v) is 4.30. The van der Waals surface area contributed by atoms with Gasteiger partial charge in [0.05, 0.1) is 5.71 Å². The second-order valence-corrected chi connectivity index (χ2v) is 1.43. The van der Waals surface area contributed by atoms with Crippen molar-refractivity contribution in [2.24, 2.45) is 5.73 Å². The van der Waals surface area contributed by atoms with Crippen LogP contribution < -0.4 is 5.73 Å². The number of thiocarbonyl (C=S) groups is 1. The van der Waals surface area contributed by atoms with Crippen LogP contribution in [-0.2, 0) is 0 Å². The molecule has 0 aromatic carbocycles. The molecular formula is C3H6N2S. The summed E-state index contributed by atoms with van der Waals surface area (Å²) >= 11 is 4.37. The highest BCUT2D eigenvalue weighted by Crippen LogP contribution is 1.65. The van der Waals surface area contributed by atoms with Crippen molar-refractivity contribution in [2.45, 2.75) is 6.92 Å². The summed E-state index contributed by atoms with van der Waals surface area (Å²) < 4.78 is 0. The molecule has 0 saturated carbocycles. The van der Waals surface area contributed by atoms with Crippen LogP contribution in [0, 0.1) is 5.41 Å². The molecule has 0 aliphatic rings. The Morgan fingerprint density at radius 2 is 2.00 bits per heavy atom. The van der Waals surface area contributed by atoms with Crippen molar-refractivity contribution in [1.82, 2.24) is 0 Å². The van der Waals surface area contributed by atoms with Crippen molar-refractivity contribution < 1.29 is 0 Å². The van der Waals surface area contributed by atoms with Crippen LogP contribution >= 0.6 is 12.2 Å². The number of nitrogens with one attached hydrogen (secondary N) is 1. The van der Waals surface area contributed by atoms with Crippen molar-refractivity contribution in [2.75, 3.05) is 0 Å². The van der Waals surface area contributed by atoms with Gasteiger partial charge in [-0.15, -0.1) is 0 Å². The minimum Gasteiger partial charge on any atom is -0.388 e. The summed E-state index contributed by atoms with van der Waals surface area (Å²) in [5.74, 6) is 0. The molecule has 0 aliphatic carbocycles. The molecule has 0 unspecified atom stereocenters. The van der Waals surface area contributed by atoms with E-state index in [1.165, 1.54) is 0 Å². The van der Waals surface area contributed by atoms with E-state index in [0.29, 0.717) is 0 Å². The molecule has 3 N–H and O–H groups in total. The monoisotopic (exact) mass is 102 g/mol. The maximum absolute atomic E-state index is 6.68. The quantitative estimate of drug-likeness (QED) is 0.370. The molecule has 0 spiro atoms. The normalized spacial score (nSPS) is 7.50. The highest BCUT2D eigenvalue weighted by Gasteiger charge is 1.84. The minimum atomic E-state index is 0.176. The largest absolute Gasteiger partial charge is 0.388 e. The molecule has 3 heteroatoms. The van der Waals surface area contributed by atoms with Gasteiger partial charge in [-0.1, -0.05) is 12.2 Å². The minimum absolute atomic E-state index is 0.176. The van der Waals surface area contributed by atoms with Crippen molar-refractivity contribution in [3.8, 4) is 0 Å². The molecule has 0 saturated heterocycles. The predicted molar refractivity (Wildman–Crippen MR) is 30.2 cm³/mol. The molecule has 0 heterocycles. The van der Waals surface area contributed by atoms with E-state index in [-0.39, 0.29) is 10.7 Å². The number of hydrogen-bond acceptors (Lipinski definition) is 2. The van der Waals surface area contributed by atoms with E-state index >= 15 is 0 Å². The van der Waals surface area contributed by atoms with E-state index in [1.54, 1.807) is 6.92 Å². The van der Waals surface area contributed by atoms with Gasteiger partial charge in [0.2, 0.25) is 0 Å². The van der Waals surface area contributed by atoms with Gasteiger partial charge in [-0.05, 0) is 6.92 Å². The predicted octanol–water partition coefficient (Wildman–Crippen LogP) is 0.312. The van der Waals surface area contributed by atoms with Gasteiger partial charge in [0, 0.05) is 0 Å². The van der Waals surface area contributed by atoms with Crippen LogP contribution in [0.5, 0.6) is 0 Å². The Bertz CT molecular complexity index is 74.8. The lowest BCUT2D eigenvalue weighted by Gasteiger charge is -1.83. The summed E-state index contributed by atoms with van der Waals surface area (Å²) in [5, 5.41) is 6.68. The summed E-state index contributed by atoms with van der Waals surface area (Å²) in [6.45, 7) is 1.56. The third-order valence-electron chi connectivity index (χ3n) is 0.370. The van der Waals surface area contributed by atoms with Gasteiger partial charge in [-0.3, -0.25) is 0 Å². The Labute approximate surface area is 41.9 Å². The standard InChI is InChI=1S/C3H6N2S/c1-2(4)3(5)6/h4H,1H3,(H2,5,6). The molecule has 0 aromatic heterocycles. The summed E-state index contributed by atoms with van der Waals surface area (Å²) in [6, 6.07) is 0. The van der Waals surface area contributed by atoms with Crippen molar-refractivity contribution >= 4 is 22.9 Å². The smallest absolute Gasteiger partial charge is 0.117 e. The van der Waals surface area contributed by atoms with Gasteiger partial charge >= 0.3 is 0 Å². The van der Waals surface area contributed by atoms with Crippen LogP contribution in [0.25, 0.3) is 0 Å². The van der Waals surface area contributed by atoms with Crippen LogP contribution in [-0.4, -0.2) is 10.7 Å². The molecule has 0 amide bonds. The topological polar surface area (TPSA) is 49.9 Å². The summed E-state index contributed by atoms with van der Waals surface area (Å²) in [5.41, 5.74) is 5.21. The lowest BCUT2D eigenvalue weighted by atomic mass is 10.4. The highest BCUT2D eigenvalue weighted by molar-refractivity contribution is 7.82. The molecule has 0 aliphatic heterocycles. The van der Waals surface area contributed by atoms with Crippen LogP contribution in [0.3, 0.4) is 0 Å². The van der Waals surface area contributed by atoms with Crippen LogP contribution in [0.2, 0.25) is 0 Å². The van der Waals surface area contributed by atoms with E-state index < -0.39 is 0 Å². The number of rotatable bonds is 1. The molecule has 0 bridgehead atoms. The zero-order valence-electron chi connectivity index (χ0n) is 3.49. The fourth-order valence-electron chi connectivity index (χ4n) is 0.